The van der Waals surface area contributed by atoms with Crippen molar-refractivity contribution in [2.75, 3.05) is 20.3 Å². The second-order valence-corrected chi connectivity index (χ2v) is 6.01. The summed E-state index contributed by atoms with van der Waals surface area (Å²) in [5.41, 5.74) is 1.25. The molecule has 1 saturated carbocycles. The second kappa shape index (κ2) is 6.67. The zero-order valence-electron chi connectivity index (χ0n) is 12.9. The Hall–Kier alpha value is -1.26. The van der Waals surface area contributed by atoms with E-state index in [1.54, 1.807) is 7.11 Å². The monoisotopic (exact) mass is 291 g/mol. The Morgan fingerprint density at radius 1 is 1.19 bits per heavy atom. The fourth-order valence-electron chi connectivity index (χ4n) is 3.20. The van der Waals surface area contributed by atoms with Crippen molar-refractivity contribution in [2.24, 2.45) is 0 Å². The second-order valence-electron chi connectivity index (χ2n) is 6.01. The molecule has 1 heterocycles. The highest BCUT2D eigenvalue weighted by molar-refractivity contribution is 5.44. The van der Waals surface area contributed by atoms with Crippen LogP contribution in [0.15, 0.2) is 18.2 Å². The molecular weight excluding hydrogens is 266 g/mol. The lowest BCUT2D eigenvalue weighted by molar-refractivity contribution is 0.106. The predicted octanol–water partition coefficient (Wildman–Crippen LogP) is 3.07. The van der Waals surface area contributed by atoms with Crippen LogP contribution in [-0.2, 0) is 4.74 Å². The number of rotatable bonds is 4. The van der Waals surface area contributed by atoms with Crippen LogP contribution >= 0.6 is 0 Å². The van der Waals surface area contributed by atoms with E-state index in [0.29, 0.717) is 18.2 Å². The van der Waals surface area contributed by atoms with Crippen molar-refractivity contribution in [3.8, 4) is 11.5 Å². The Morgan fingerprint density at radius 3 is 2.76 bits per heavy atom. The van der Waals surface area contributed by atoms with Gasteiger partial charge < -0.3 is 19.5 Å². The van der Waals surface area contributed by atoms with Crippen molar-refractivity contribution < 1.29 is 14.2 Å². The fourth-order valence-corrected chi connectivity index (χ4v) is 3.20. The molecule has 0 aromatic heterocycles. The van der Waals surface area contributed by atoms with Crippen molar-refractivity contribution in [3.63, 3.8) is 0 Å². The van der Waals surface area contributed by atoms with Crippen LogP contribution in [0, 0.1) is 0 Å². The average molecular weight is 291 g/mol. The van der Waals surface area contributed by atoms with Crippen molar-refractivity contribution in [3.05, 3.63) is 23.8 Å². The normalized spacial score (nSPS) is 26.4. The topological polar surface area (TPSA) is 39.7 Å². The number of nitrogens with one attached hydrogen (secondary N) is 1. The summed E-state index contributed by atoms with van der Waals surface area (Å²) < 4.78 is 16.9. The maximum Gasteiger partial charge on any atom is 0.161 e. The van der Waals surface area contributed by atoms with E-state index >= 15 is 0 Å². The zero-order chi connectivity index (χ0) is 14.7. The smallest absolute Gasteiger partial charge is 0.161 e. The van der Waals surface area contributed by atoms with Gasteiger partial charge >= 0.3 is 0 Å². The molecule has 1 fully saturated rings. The van der Waals surface area contributed by atoms with Gasteiger partial charge in [-0.15, -0.1) is 0 Å². The molecule has 3 rings (SSSR count). The first kappa shape index (κ1) is 14.7. The van der Waals surface area contributed by atoms with E-state index in [1.807, 2.05) is 6.07 Å². The van der Waals surface area contributed by atoms with Gasteiger partial charge in [0.2, 0.25) is 0 Å². The Morgan fingerprint density at radius 2 is 2.00 bits per heavy atom. The van der Waals surface area contributed by atoms with E-state index in [0.717, 1.165) is 44.0 Å². The Kier molecular flexibility index (Phi) is 4.66. The van der Waals surface area contributed by atoms with Crippen LogP contribution in [0.3, 0.4) is 0 Å². The van der Waals surface area contributed by atoms with Gasteiger partial charge in [-0.05, 0) is 43.9 Å². The van der Waals surface area contributed by atoms with Gasteiger partial charge in [-0.1, -0.05) is 6.07 Å². The van der Waals surface area contributed by atoms with E-state index in [1.165, 1.54) is 12.0 Å². The largest absolute Gasteiger partial charge is 0.490 e. The number of methoxy groups -OCH3 is 1. The Balaban J connectivity index is 1.64. The van der Waals surface area contributed by atoms with Gasteiger partial charge in [-0.2, -0.15) is 0 Å². The molecule has 1 aliphatic heterocycles. The summed E-state index contributed by atoms with van der Waals surface area (Å²) >= 11 is 0. The van der Waals surface area contributed by atoms with Gasteiger partial charge in [-0.25, -0.2) is 0 Å². The highest BCUT2D eigenvalue weighted by Crippen LogP contribution is 2.33. The third-order valence-corrected chi connectivity index (χ3v) is 4.48. The van der Waals surface area contributed by atoms with Crippen LogP contribution in [0.2, 0.25) is 0 Å². The lowest BCUT2D eigenvalue weighted by Gasteiger charge is -2.21. The number of benzene rings is 1. The van der Waals surface area contributed by atoms with Crippen molar-refractivity contribution in [1.29, 1.82) is 0 Å². The maximum atomic E-state index is 5.77. The molecule has 2 aliphatic rings. The van der Waals surface area contributed by atoms with E-state index in [2.05, 4.69) is 24.4 Å². The van der Waals surface area contributed by atoms with Crippen LogP contribution < -0.4 is 14.8 Å². The predicted molar refractivity (Wildman–Crippen MR) is 82.0 cm³/mol. The fraction of sp³-hybridized carbons (Fsp3) is 0.647. The molecule has 0 radical (unpaired) electrons. The number of ether oxygens (including phenoxy) is 3. The van der Waals surface area contributed by atoms with E-state index in [-0.39, 0.29) is 0 Å². The first-order valence-electron chi connectivity index (χ1n) is 7.94. The summed E-state index contributed by atoms with van der Waals surface area (Å²) in [5.74, 6) is 1.74. The summed E-state index contributed by atoms with van der Waals surface area (Å²) in [5, 5.41) is 3.71. The standard InChI is InChI=1S/C17H25NO3/c1-12(18-14-5-6-15(11-14)19-2)13-4-7-16-17(10-13)21-9-3-8-20-16/h4,7,10,12,14-15,18H,3,5-6,8-9,11H2,1-2H3. The summed E-state index contributed by atoms with van der Waals surface area (Å²) in [6, 6.07) is 7.12. The molecule has 0 saturated heterocycles. The highest BCUT2D eigenvalue weighted by atomic mass is 16.5. The van der Waals surface area contributed by atoms with Crippen LogP contribution in [-0.4, -0.2) is 32.5 Å². The molecule has 116 valence electrons. The molecule has 4 heteroatoms. The van der Waals surface area contributed by atoms with Crippen LogP contribution in [0.4, 0.5) is 0 Å². The summed E-state index contributed by atoms with van der Waals surface area (Å²) in [6.07, 6.45) is 4.80. The number of hydrogen-bond acceptors (Lipinski definition) is 4. The van der Waals surface area contributed by atoms with Gasteiger partial charge in [0, 0.05) is 25.6 Å². The van der Waals surface area contributed by atoms with Gasteiger partial charge in [0.05, 0.1) is 19.3 Å². The molecular formula is C17H25NO3. The quantitative estimate of drug-likeness (QED) is 0.925. The van der Waals surface area contributed by atoms with Crippen LogP contribution in [0.25, 0.3) is 0 Å². The van der Waals surface area contributed by atoms with E-state index in [9.17, 15) is 0 Å². The molecule has 1 aliphatic carbocycles. The minimum Gasteiger partial charge on any atom is -0.490 e. The SMILES string of the molecule is COC1CCC(NC(C)c2ccc3c(c2)OCCCO3)C1. The molecule has 1 aromatic carbocycles. The van der Waals surface area contributed by atoms with Crippen molar-refractivity contribution >= 4 is 0 Å². The Bertz CT molecular complexity index is 477. The van der Waals surface area contributed by atoms with Crippen LogP contribution in [0.1, 0.15) is 44.2 Å². The zero-order valence-corrected chi connectivity index (χ0v) is 12.9. The minimum absolute atomic E-state index is 0.308. The van der Waals surface area contributed by atoms with Crippen molar-refractivity contribution in [2.45, 2.75) is 50.8 Å². The van der Waals surface area contributed by atoms with Gasteiger partial charge in [0.15, 0.2) is 11.5 Å². The molecule has 3 atom stereocenters. The minimum atomic E-state index is 0.308. The summed E-state index contributed by atoms with van der Waals surface area (Å²) in [7, 11) is 1.81. The molecule has 3 unspecified atom stereocenters. The highest BCUT2D eigenvalue weighted by Gasteiger charge is 2.25. The molecule has 1 aromatic rings. The number of fused-ring (bicyclic) bond motifs is 1. The van der Waals surface area contributed by atoms with E-state index < -0.39 is 0 Å². The lowest BCUT2D eigenvalue weighted by Crippen LogP contribution is -2.29. The maximum absolute atomic E-state index is 5.77. The molecule has 21 heavy (non-hydrogen) atoms. The van der Waals surface area contributed by atoms with Gasteiger partial charge in [0.25, 0.3) is 0 Å². The molecule has 0 spiro atoms. The lowest BCUT2D eigenvalue weighted by atomic mass is 10.1. The molecule has 0 bridgehead atoms. The molecule has 0 amide bonds. The molecule has 4 nitrogen and oxygen atoms in total. The third kappa shape index (κ3) is 3.50. The third-order valence-electron chi connectivity index (χ3n) is 4.48. The first-order valence-corrected chi connectivity index (χ1v) is 7.94. The van der Waals surface area contributed by atoms with Crippen LogP contribution in [0.5, 0.6) is 11.5 Å². The van der Waals surface area contributed by atoms with Crippen molar-refractivity contribution in [1.82, 2.24) is 5.32 Å². The van der Waals surface area contributed by atoms with Gasteiger partial charge in [0.1, 0.15) is 0 Å². The summed E-state index contributed by atoms with van der Waals surface area (Å²) in [6.45, 7) is 3.68. The average Bonchev–Trinajstić information content (AvgIpc) is 2.82. The van der Waals surface area contributed by atoms with E-state index in [4.69, 9.17) is 14.2 Å². The Labute approximate surface area is 126 Å². The number of hydrogen-bond donors (Lipinski definition) is 1. The summed E-state index contributed by atoms with van der Waals surface area (Å²) in [4.78, 5) is 0. The van der Waals surface area contributed by atoms with Gasteiger partial charge in [-0.3, -0.25) is 0 Å². The first-order chi connectivity index (χ1) is 10.3. The molecule has 1 N–H and O–H groups in total.